The third-order valence-corrected chi connectivity index (χ3v) is 4.18. The lowest BCUT2D eigenvalue weighted by Crippen LogP contribution is -2.30. The van der Waals surface area contributed by atoms with Crippen LogP contribution in [0.1, 0.15) is 49.4 Å². The normalized spacial score (nSPS) is 22.3. The zero-order valence-electron chi connectivity index (χ0n) is 13.7. The van der Waals surface area contributed by atoms with Crippen LogP contribution in [0.25, 0.3) is 0 Å². The minimum atomic E-state index is 0.220. The molecule has 2 unspecified atom stereocenters. The Labute approximate surface area is 128 Å². The van der Waals surface area contributed by atoms with Crippen molar-refractivity contribution in [3.63, 3.8) is 0 Å². The molecule has 0 bridgehead atoms. The molecule has 4 heteroatoms. The fourth-order valence-corrected chi connectivity index (χ4v) is 2.97. The topological polar surface area (TPSA) is 43.4 Å². The van der Waals surface area contributed by atoms with Crippen molar-refractivity contribution < 1.29 is 9.47 Å². The number of pyridine rings is 1. The number of rotatable bonds is 6. The number of nitrogens with zero attached hydrogens (tertiary/aromatic N) is 1. The lowest BCUT2D eigenvalue weighted by atomic mass is 9.95. The number of hydrogen-bond acceptors (Lipinski definition) is 4. The molecule has 0 aromatic carbocycles. The first-order valence-electron chi connectivity index (χ1n) is 8.01. The third-order valence-electron chi connectivity index (χ3n) is 4.18. The Kier molecular flexibility index (Phi) is 6.00. The molecule has 1 saturated carbocycles. The summed E-state index contributed by atoms with van der Waals surface area (Å²) in [6.07, 6.45) is 4.91. The van der Waals surface area contributed by atoms with Gasteiger partial charge in [-0.2, -0.15) is 0 Å². The highest BCUT2D eigenvalue weighted by Crippen LogP contribution is 2.28. The van der Waals surface area contributed by atoms with E-state index in [1.807, 2.05) is 6.92 Å². The number of aromatic nitrogens is 1. The average Bonchev–Trinajstić information content (AvgIpc) is 2.46. The van der Waals surface area contributed by atoms with Gasteiger partial charge in [0, 0.05) is 31.3 Å². The van der Waals surface area contributed by atoms with Gasteiger partial charge in [0.05, 0.1) is 6.10 Å². The van der Waals surface area contributed by atoms with Gasteiger partial charge in [0.2, 0.25) is 5.88 Å². The van der Waals surface area contributed by atoms with Crippen LogP contribution in [0.3, 0.4) is 0 Å². The highest BCUT2D eigenvalue weighted by atomic mass is 16.5. The molecule has 1 heterocycles. The molecule has 4 nitrogen and oxygen atoms in total. The first kappa shape index (κ1) is 16.2. The molecule has 1 fully saturated rings. The van der Waals surface area contributed by atoms with Gasteiger partial charge >= 0.3 is 0 Å². The second kappa shape index (κ2) is 7.76. The van der Waals surface area contributed by atoms with E-state index in [4.69, 9.17) is 9.47 Å². The van der Waals surface area contributed by atoms with Crippen LogP contribution in [0, 0.1) is 13.8 Å². The second-order valence-electron chi connectivity index (χ2n) is 5.91. The molecule has 2 atom stereocenters. The molecule has 0 amide bonds. The van der Waals surface area contributed by atoms with Gasteiger partial charge in [0.15, 0.2) is 0 Å². The maximum atomic E-state index is 6.25. The maximum absolute atomic E-state index is 6.25. The Morgan fingerprint density at radius 2 is 2.05 bits per heavy atom. The summed E-state index contributed by atoms with van der Waals surface area (Å²) >= 11 is 0. The SMILES string of the molecule is CCNCc1c(C)cc(C)nc1OC1CCCC(OC)C1. The van der Waals surface area contributed by atoms with Crippen LogP contribution in [0.5, 0.6) is 5.88 Å². The minimum Gasteiger partial charge on any atom is -0.474 e. The van der Waals surface area contributed by atoms with Gasteiger partial charge in [-0.1, -0.05) is 6.92 Å². The number of aryl methyl sites for hydroxylation is 2. The van der Waals surface area contributed by atoms with Gasteiger partial charge in [-0.25, -0.2) is 4.98 Å². The van der Waals surface area contributed by atoms with E-state index in [-0.39, 0.29) is 6.10 Å². The maximum Gasteiger partial charge on any atom is 0.218 e. The predicted molar refractivity (Wildman–Crippen MR) is 84.8 cm³/mol. The Hall–Kier alpha value is -1.13. The molecular formula is C17H28N2O2. The van der Waals surface area contributed by atoms with Crippen molar-refractivity contribution in [3.05, 3.63) is 22.9 Å². The van der Waals surface area contributed by atoms with Gasteiger partial charge in [0.25, 0.3) is 0 Å². The van der Waals surface area contributed by atoms with Crippen LogP contribution in [-0.2, 0) is 11.3 Å². The summed E-state index contributed by atoms with van der Waals surface area (Å²) in [6.45, 7) is 8.03. The summed E-state index contributed by atoms with van der Waals surface area (Å²) < 4.78 is 11.7. The minimum absolute atomic E-state index is 0.220. The summed E-state index contributed by atoms with van der Waals surface area (Å²) in [4.78, 5) is 4.63. The third kappa shape index (κ3) is 4.42. The molecule has 1 aliphatic carbocycles. The number of methoxy groups -OCH3 is 1. The van der Waals surface area contributed by atoms with E-state index in [0.717, 1.165) is 50.3 Å². The van der Waals surface area contributed by atoms with E-state index in [9.17, 15) is 0 Å². The highest BCUT2D eigenvalue weighted by molar-refractivity contribution is 5.36. The molecule has 0 saturated heterocycles. The Balaban J connectivity index is 2.13. The molecule has 0 radical (unpaired) electrons. The lowest BCUT2D eigenvalue weighted by Gasteiger charge is -2.29. The zero-order chi connectivity index (χ0) is 15.2. The van der Waals surface area contributed by atoms with Crippen molar-refractivity contribution in [3.8, 4) is 5.88 Å². The van der Waals surface area contributed by atoms with Crippen LogP contribution in [0.15, 0.2) is 6.07 Å². The lowest BCUT2D eigenvalue weighted by molar-refractivity contribution is 0.0191. The van der Waals surface area contributed by atoms with E-state index < -0.39 is 0 Å². The number of hydrogen-bond donors (Lipinski definition) is 1. The van der Waals surface area contributed by atoms with Crippen molar-refractivity contribution in [1.82, 2.24) is 10.3 Å². The largest absolute Gasteiger partial charge is 0.474 e. The second-order valence-corrected chi connectivity index (χ2v) is 5.91. The highest BCUT2D eigenvalue weighted by Gasteiger charge is 2.24. The van der Waals surface area contributed by atoms with Gasteiger partial charge < -0.3 is 14.8 Å². The van der Waals surface area contributed by atoms with Crippen molar-refractivity contribution in [2.24, 2.45) is 0 Å². The average molecular weight is 292 g/mol. The van der Waals surface area contributed by atoms with Crippen LogP contribution < -0.4 is 10.1 Å². The summed E-state index contributed by atoms with van der Waals surface area (Å²) in [5.41, 5.74) is 3.45. The van der Waals surface area contributed by atoms with Crippen LogP contribution in [0.2, 0.25) is 0 Å². The molecule has 1 N–H and O–H groups in total. The van der Waals surface area contributed by atoms with E-state index in [1.165, 1.54) is 11.1 Å². The summed E-state index contributed by atoms with van der Waals surface area (Å²) in [5, 5.41) is 3.38. The van der Waals surface area contributed by atoms with Crippen molar-refractivity contribution in [2.75, 3.05) is 13.7 Å². The predicted octanol–water partition coefficient (Wildman–Crippen LogP) is 3.14. The van der Waals surface area contributed by atoms with Crippen LogP contribution >= 0.6 is 0 Å². The molecule has 0 spiro atoms. The summed E-state index contributed by atoms with van der Waals surface area (Å²) in [5.74, 6) is 0.801. The molecule has 2 rings (SSSR count). The van der Waals surface area contributed by atoms with Crippen molar-refractivity contribution >= 4 is 0 Å². The molecular weight excluding hydrogens is 264 g/mol. The summed E-state index contributed by atoms with van der Waals surface area (Å²) in [7, 11) is 1.79. The Morgan fingerprint density at radius 3 is 2.76 bits per heavy atom. The van der Waals surface area contributed by atoms with E-state index in [2.05, 4.69) is 30.2 Å². The Bertz CT molecular complexity index is 462. The van der Waals surface area contributed by atoms with E-state index >= 15 is 0 Å². The van der Waals surface area contributed by atoms with Crippen molar-refractivity contribution in [1.29, 1.82) is 0 Å². The van der Waals surface area contributed by atoms with Gasteiger partial charge in [-0.15, -0.1) is 0 Å². The number of ether oxygens (including phenoxy) is 2. The van der Waals surface area contributed by atoms with Crippen molar-refractivity contribution in [2.45, 2.75) is 65.2 Å². The first-order valence-corrected chi connectivity index (χ1v) is 8.01. The molecule has 118 valence electrons. The Morgan fingerprint density at radius 1 is 1.29 bits per heavy atom. The zero-order valence-corrected chi connectivity index (χ0v) is 13.7. The molecule has 1 aromatic rings. The number of nitrogens with one attached hydrogen (secondary N) is 1. The van der Waals surface area contributed by atoms with Crippen LogP contribution in [-0.4, -0.2) is 30.8 Å². The van der Waals surface area contributed by atoms with Crippen LogP contribution in [0.4, 0.5) is 0 Å². The van der Waals surface area contributed by atoms with Gasteiger partial charge in [-0.3, -0.25) is 0 Å². The van der Waals surface area contributed by atoms with E-state index in [1.54, 1.807) is 7.11 Å². The molecule has 1 aromatic heterocycles. The molecule has 1 aliphatic rings. The monoisotopic (exact) mass is 292 g/mol. The standard InChI is InChI=1S/C17H28N2O2/c1-5-18-11-16-12(2)9-13(3)19-17(16)21-15-8-6-7-14(10-15)20-4/h9,14-15,18H,5-8,10-11H2,1-4H3. The fourth-order valence-electron chi connectivity index (χ4n) is 2.97. The molecule has 21 heavy (non-hydrogen) atoms. The smallest absolute Gasteiger partial charge is 0.218 e. The van der Waals surface area contributed by atoms with Gasteiger partial charge in [0.1, 0.15) is 6.10 Å². The van der Waals surface area contributed by atoms with E-state index in [0.29, 0.717) is 6.10 Å². The quantitative estimate of drug-likeness (QED) is 0.874. The summed E-state index contributed by atoms with van der Waals surface area (Å²) in [6, 6.07) is 2.12. The first-order chi connectivity index (χ1) is 10.1. The molecule has 0 aliphatic heterocycles. The van der Waals surface area contributed by atoms with Gasteiger partial charge in [-0.05, 0) is 51.3 Å². The fraction of sp³-hybridized carbons (Fsp3) is 0.706.